The molecule has 1 saturated heterocycles. The van der Waals surface area contributed by atoms with E-state index in [4.69, 9.17) is 0 Å². The van der Waals surface area contributed by atoms with Gasteiger partial charge in [-0.15, -0.1) is 0 Å². The Balaban J connectivity index is 1.28. The zero-order chi connectivity index (χ0) is 21.5. The van der Waals surface area contributed by atoms with Gasteiger partial charge in [0, 0.05) is 70.1 Å². The Kier molecular flexibility index (Phi) is 7.14. The molecule has 0 unspecified atom stereocenters. The molecule has 8 nitrogen and oxygen atoms in total. The van der Waals surface area contributed by atoms with E-state index in [-0.39, 0.29) is 0 Å². The average molecular weight is 439 g/mol. The molecule has 3 aromatic rings. The molecule has 2 aromatic heterocycles. The van der Waals surface area contributed by atoms with Gasteiger partial charge in [0.05, 0.1) is 6.54 Å². The molecular formula is C22H30N8S. The van der Waals surface area contributed by atoms with Gasteiger partial charge in [-0.2, -0.15) is 4.37 Å². The van der Waals surface area contributed by atoms with Gasteiger partial charge in [0.2, 0.25) is 5.13 Å². The third-order valence-corrected chi connectivity index (χ3v) is 6.34. The summed E-state index contributed by atoms with van der Waals surface area (Å²) in [5.41, 5.74) is 1.34. The van der Waals surface area contributed by atoms with Crippen molar-refractivity contribution in [1.29, 1.82) is 0 Å². The van der Waals surface area contributed by atoms with Crippen LogP contribution in [0.2, 0.25) is 0 Å². The topological polar surface area (TPSA) is 74.5 Å². The lowest BCUT2D eigenvalue weighted by molar-refractivity contribution is 0.371. The molecule has 0 atom stereocenters. The highest BCUT2D eigenvalue weighted by atomic mass is 32.1. The Morgan fingerprint density at radius 3 is 2.68 bits per heavy atom. The number of piperazine rings is 1. The minimum atomic E-state index is 0.658. The molecule has 1 aromatic carbocycles. The molecule has 0 radical (unpaired) electrons. The Labute approximate surface area is 187 Å². The number of anilines is 1. The van der Waals surface area contributed by atoms with Crippen LogP contribution in [0.1, 0.15) is 24.1 Å². The lowest BCUT2D eigenvalue weighted by Gasteiger charge is -2.36. The summed E-state index contributed by atoms with van der Waals surface area (Å²) in [6.45, 7) is 7.32. The third-order valence-electron chi connectivity index (χ3n) is 5.53. The van der Waals surface area contributed by atoms with E-state index >= 15 is 0 Å². The minimum absolute atomic E-state index is 0.658. The summed E-state index contributed by atoms with van der Waals surface area (Å²) in [6.07, 6.45) is 5.80. The van der Waals surface area contributed by atoms with E-state index < -0.39 is 0 Å². The number of guanidine groups is 1. The van der Waals surface area contributed by atoms with Crippen LogP contribution in [-0.4, -0.2) is 63.0 Å². The smallest absolute Gasteiger partial charge is 0.205 e. The van der Waals surface area contributed by atoms with Crippen LogP contribution in [0.25, 0.3) is 0 Å². The molecular weight excluding hydrogens is 408 g/mol. The normalized spacial score (nSPS) is 14.8. The number of imidazole rings is 1. The van der Waals surface area contributed by atoms with Gasteiger partial charge < -0.3 is 19.7 Å². The molecule has 0 saturated carbocycles. The molecule has 1 aliphatic heterocycles. The molecule has 31 heavy (non-hydrogen) atoms. The van der Waals surface area contributed by atoms with Gasteiger partial charge in [0.25, 0.3) is 0 Å². The Morgan fingerprint density at radius 2 is 1.97 bits per heavy atom. The standard InChI is InChI=1S/C22H30N8S/c1-3-19-26-22(31-27-19)30-15-13-29(14-16-30)21(23-2)25-17-20-24-10-12-28(20)11-9-18-7-5-4-6-8-18/h4-8,10,12H,3,9,11,13-17H2,1-2H3,(H,23,25). The maximum absolute atomic E-state index is 4.62. The van der Waals surface area contributed by atoms with Crippen molar-refractivity contribution in [2.24, 2.45) is 4.99 Å². The van der Waals surface area contributed by atoms with Crippen molar-refractivity contribution in [1.82, 2.24) is 29.1 Å². The fraction of sp³-hybridized carbons (Fsp3) is 0.455. The summed E-state index contributed by atoms with van der Waals surface area (Å²) < 4.78 is 6.62. The van der Waals surface area contributed by atoms with Crippen LogP contribution in [0, 0.1) is 0 Å². The first-order chi connectivity index (χ1) is 15.3. The number of aryl methyl sites for hydroxylation is 3. The molecule has 1 N–H and O–H groups in total. The Bertz CT molecular complexity index is 972. The predicted octanol–water partition coefficient (Wildman–Crippen LogP) is 2.44. The summed E-state index contributed by atoms with van der Waals surface area (Å²) in [6, 6.07) is 10.6. The van der Waals surface area contributed by atoms with E-state index in [9.17, 15) is 0 Å². The molecule has 1 aliphatic rings. The van der Waals surface area contributed by atoms with Crippen molar-refractivity contribution < 1.29 is 0 Å². The Hall–Kier alpha value is -2.94. The van der Waals surface area contributed by atoms with Crippen molar-refractivity contribution in [3.05, 3.63) is 59.9 Å². The Morgan fingerprint density at radius 1 is 1.16 bits per heavy atom. The molecule has 164 valence electrons. The summed E-state index contributed by atoms with van der Waals surface area (Å²) in [5, 5.41) is 4.52. The maximum Gasteiger partial charge on any atom is 0.205 e. The van der Waals surface area contributed by atoms with E-state index in [1.54, 1.807) is 0 Å². The summed E-state index contributed by atoms with van der Waals surface area (Å²) in [4.78, 5) is 18.3. The third kappa shape index (κ3) is 5.41. The van der Waals surface area contributed by atoms with Crippen LogP contribution in [0.5, 0.6) is 0 Å². The van der Waals surface area contributed by atoms with Crippen LogP contribution < -0.4 is 10.2 Å². The predicted molar refractivity (Wildman–Crippen MR) is 126 cm³/mol. The highest BCUT2D eigenvalue weighted by Crippen LogP contribution is 2.19. The van der Waals surface area contributed by atoms with Crippen molar-refractivity contribution >= 4 is 22.6 Å². The van der Waals surface area contributed by atoms with Gasteiger partial charge in [0.1, 0.15) is 11.6 Å². The fourth-order valence-electron chi connectivity index (χ4n) is 3.72. The highest BCUT2D eigenvalue weighted by molar-refractivity contribution is 7.09. The van der Waals surface area contributed by atoms with E-state index in [0.29, 0.717) is 6.54 Å². The quantitative estimate of drug-likeness (QED) is 0.451. The van der Waals surface area contributed by atoms with E-state index in [1.165, 1.54) is 17.1 Å². The highest BCUT2D eigenvalue weighted by Gasteiger charge is 2.22. The first-order valence-electron chi connectivity index (χ1n) is 10.8. The SMILES string of the molecule is CCc1nsc(N2CCN(C(=NC)NCc3nccn3CCc3ccccc3)CC2)n1. The molecule has 0 spiro atoms. The summed E-state index contributed by atoms with van der Waals surface area (Å²) in [5.74, 6) is 2.88. The maximum atomic E-state index is 4.62. The van der Waals surface area contributed by atoms with Crippen LogP contribution >= 0.6 is 11.5 Å². The lowest BCUT2D eigenvalue weighted by atomic mass is 10.1. The second kappa shape index (κ2) is 10.4. The average Bonchev–Trinajstić information content (AvgIpc) is 3.49. The van der Waals surface area contributed by atoms with Gasteiger partial charge in [-0.3, -0.25) is 4.99 Å². The van der Waals surface area contributed by atoms with Crippen molar-refractivity contribution in [2.45, 2.75) is 32.9 Å². The summed E-state index contributed by atoms with van der Waals surface area (Å²) in [7, 11) is 1.84. The van der Waals surface area contributed by atoms with Crippen molar-refractivity contribution in [3.8, 4) is 0 Å². The number of aromatic nitrogens is 4. The molecule has 3 heterocycles. The van der Waals surface area contributed by atoms with Crippen LogP contribution in [0.3, 0.4) is 0 Å². The van der Waals surface area contributed by atoms with E-state index in [0.717, 1.165) is 68.3 Å². The van der Waals surface area contributed by atoms with Crippen molar-refractivity contribution in [2.75, 3.05) is 38.1 Å². The van der Waals surface area contributed by atoms with Crippen molar-refractivity contribution in [3.63, 3.8) is 0 Å². The number of nitrogens with zero attached hydrogens (tertiary/aromatic N) is 7. The first-order valence-corrected chi connectivity index (χ1v) is 11.6. The van der Waals surface area contributed by atoms with Crippen LogP contribution in [0.4, 0.5) is 5.13 Å². The molecule has 4 rings (SSSR count). The molecule has 0 amide bonds. The molecule has 0 aliphatic carbocycles. The first kappa shape index (κ1) is 21.3. The number of hydrogen-bond acceptors (Lipinski definition) is 6. The van der Waals surface area contributed by atoms with Crippen LogP contribution in [-0.2, 0) is 25.9 Å². The van der Waals surface area contributed by atoms with Gasteiger partial charge >= 0.3 is 0 Å². The molecule has 1 fully saturated rings. The number of rotatable bonds is 7. The zero-order valence-corrected chi connectivity index (χ0v) is 19.1. The zero-order valence-electron chi connectivity index (χ0n) is 18.2. The van der Waals surface area contributed by atoms with Gasteiger partial charge in [0.15, 0.2) is 5.96 Å². The largest absolute Gasteiger partial charge is 0.349 e. The van der Waals surface area contributed by atoms with Gasteiger partial charge in [-0.1, -0.05) is 37.3 Å². The molecule has 9 heteroatoms. The number of benzene rings is 1. The van der Waals surface area contributed by atoms with Gasteiger partial charge in [-0.25, -0.2) is 9.97 Å². The number of aliphatic imine (C=N–C) groups is 1. The van der Waals surface area contributed by atoms with Gasteiger partial charge in [-0.05, 0) is 12.0 Å². The summed E-state index contributed by atoms with van der Waals surface area (Å²) >= 11 is 1.50. The number of nitrogens with one attached hydrogen (secondary N) is 1. The van der Waals surface area contributed by atoms with E-state index in [1.807, 2.05) is 19.4 Å². The molecule has 0 bridgehead atoms. The minimum Gasteiger partial charge on any atom is -0.349 e. The van der Waals surface area contributed by atoms with E-state index in [2.05, 4.69) is 76.3 Å². The second-order valence-electron chi connectivity index (χ2n) is 7.49. The van der Waals surface area contributed by atoms with Crippen LogP contribution in [0.15, 0.2) is 47.7 Å². The monoisotopic (exact) mass is 438 g/mol. The second-order valence-corrected chi connectivity index (χ2v) is 8.22. The number of hydrogen-bond donors (Lipinski definition) is 1. The fourth-order valence-corrected chi connectivity index (χ4v) is 4.52. The lowest BCUT2D eigenvalue weighted by Crippen LogP contribution is -2.52.